The first kappa shape index (κ1) is 17.6. The molecule has 2 rings (SSSR count). The van der Waals surface area contributed by atoms with Gasteiger partial charge in [0.25, 0.3) is 0 Å². The maximum atomic E-state index is 13.0. The van der Waals surface area contributed by atoms with Gasteiger partial charge >= 0.3 is 0 Å². The molecule has 0 aliphatic carbocycles. The molecule has 2 N–H and O–H groups in total. The number of halogens is 1. The third kappa shape index (κ3) is 4.60. The second-order valence-electron chi connectivity index (χ2n) is 6.64. The van der Waals surface area contributed by atoms with Crippen LogP contribution in [0.15, 0.2) is 48.7 Å². The van der Waals surface area contributed by atoms with Crippen molar-refractivity contribution >= 4 is 0 Å². The number of hydrogen-bond acceptors (Lipinski definition) is 3. The van der Waals surface area contributed by atoms with Crippen LogP contribution in [0.5, 0.6) is 0 Å². The van der Waals surface area contributed by atoms with Crippen molar-refractivity contribution in [1.82, 2.24) is 10.3 Å². The van der Waals surface area contributed by atoms with Crippen LogP contribution >= 0.6 is 0 Å². The highest BCUT2D eigenvalue weighted by Gasteiger charge is 2.30. The van der Waals surface area contributed by atoms with E-state index in [1.165, 1.54) is 17.8 Å². The fourth-order valence-electron chi connectivity index (χ4n) is 2.68. The van der Waals surface area contributed by atoms with Gasteiger partial charge < -0.3 is 10.4 Å². The molecule has 0 radical (unpaired) electrons. The Morgan fingerprint density at radius 3 is 2.43 bits per heavy atom. The van der Waals surface area contributed by atoms with Crippen LogP contribution in [-0.2, 0) is 0 Å². The Labute approximate surface area is 137 Å². The lowest BCUT2D eigenvalue weighted by Crippen LogP contribution is -2.35. The zero-order valence-electron chi connectivity index (χ0n) is 14.0. The molecule has 2 aromatic rings. The Morgan fingerprint density at radius 2 is 1.87 bits per heavy atom. The van der Waals surface area contributed by atoms with E-state index in [2.05, 4.69) is 36.3 Å². The molecule has 0 aliphatic heterocycles. The molecule has 23 heavy (non-hydrogen) atoms. The van der Waals surface area contributed by atoms with Crippen molar-refractivity contribution in [3.8, 4) is 0 Å². The monoisotopic (exact) mass is 316 g/mol. The predicted octanol–water partition coefficient (Wildman–Crippen LogP) is 3.67. The molecule has 2 atom stereocenters. The van der Waals surface area contributed by atoms with E-state index in [-0.39, 0.29) is 29.8 Å². The summed E-state index contributed by atoms with van der Waals surface area (Å²) in [6, 6.07) is 13.3. The van der Waals surface area contributed by atoms with Crippen molar-refractivity contribution in [1.29, 1.82) is 0 Å². The highest BCUT2D eigenvalue weighted by atomic mass is 19.1. The topological polar surface area (TPSA) is 45.1 Å². The van der Waals surface area contributed by atoms with Crippen molar-refractivity contribution < 1.29 is 9.50 Å². The number of nitrogens with zero attached hydrogens (tertiary/aromatic N) is 1. The molecule has 0 aliphatic rings. The van der Waals surface area contributed by atoms with Crippen molar-refractivity contribution in [3.05, 3.63) is 65.7 Å². The molecule has 0 bridgehead atoms. The van der Waals surface area contributed by atoms with Gasteiger partial charge in [-0.15, -0.1) is 0 Å². The second kappa shape index (κ2) is 7.66. The molecule has 3 nitrogen and oxygen atoms in total. The smallest absolute Gasteiger partial charge is 0.141 e. The van der Waals surface area contributed by atoms with E-state index >= 15 is 0 Å². The first-order valence-corrected chi connectivity index (χ1v) is 7.94. The predicted molar refractivity (Wildman–Crippen MR) is 90.7 cm³/mol. The van der Waals surface area contributed by atoms with Crippen LogP contribution in [0.1, 0.15) is 44.0 Å². The maximum Gasteiger partial charge on any atom is 0.141 e. The van der Waals surface area contributed by atoms with E-state index in [1.54, 1.807) is 6.07 Å². The summed E-state index contributed by atoms with van der Waals surface area (Å²) in [5.74, 6) is -0.166. The number of pyridine rings is 1. The summed E-state index contributed by atoms with van der Waals surface area (Å²) >= 11 is 0. The zero-order chi connectivity index (χ0) is 16.9. The van der Waals surface area contributed by atoms with E-state index < -0.39 is 0 Å². The van der Waals surface area contributed by atoms with Crippen molar-refractivity contribution in [2.45, 2.75) is 32.7 Å². The van der Waals surface area contributed by atoms with Crippen LogP contribution in [0.4, 0.5) is 4.39 Å². The minimum absolute atomic E-state index is 0.0105. The summed E-state index contributed by atoms with van der Waals surface area (Å²) in [5.41, 5.74) is 1.75. The van der Waals surface area contributed by atoms with Gasteiger partial charge in [-0.05, 0) is 30.0 Å². The first-order chi connectivity index (χ1) is 10.9. The first-order valence-electron chi connectivity index (χ1n) is 7.94. The van der Waals surface area contributed by atoms with E-state index in [9.17, 15) is 9.50 Å². The minimum atomic E-state index is -0.329. The third-order valence-electron chi connectivity index (χ3n) is 4.37. The van der Waals surface area contributed by atoms with Crippen molar-refractivity contribution in [2.75, 3.05) is 13.2 Å². The number of nitrogens with one attached hydrogen (secondary N) is 1. The molecule has 0 spiro atoms. The molecule has 1 heterocycles. The molecule has 124 valence electrons. The largest absolute Gasteiger partial charge is 0.396 e. The second-order valence-corrected chi connectivity index (χ2v) is 6.64. The number of hydrogen-bond donors (Lipinski definition) is 2. The average molecular weight is 316 g/mol. The molecule has 0 fully saturated rings. The Bertz CT molecular complexity index is 599. The fourth-order valence-corrected chi connectivity index (χ4v) is 2.68. The lowest BCUT2D eigenvalue weighted by Gasteiger charge is -2.34. The Balaban J connectivity index is 2.11. The Morgan fingerprint density at radius 1 is 1.17 bits per heavy atom. The van der Waals surface area contributed by atoms with Gasteiger partial charge in [0, 0.05) is 25.1 Å². The minimum Gasteiger partial charge on any atom is -0.396 e. The molecule has 0 saturated heterocycles. The molecular formula is C19H25FN2O. The Kier molecular flexibility index (Phi) is 5.85. The highest BCUT2D eigenvalue weighted by molar-refractivity contribution is 5.22. The van der Waals surface area contributed by atoms with E-state index in [4.69, 9.17) is 0 Å². The number of aliphatic hydroxyl groups excluding tert-OH is 1. The van der Waals surface area contributed by atoms with Crippen LogP contribution in [0.25, 0.3) is 0 Å². The lowest BCUT2D eigenvalue weighted by atomic mass is 9.75. The average Bonchev–Trinajstić information content (AvgIpc) is 2.56. The summed E-state index contributed by atoms with van der Waals surface area (Å²) < 4.78 is 13.0. The fraction of sp³-hybridized carbons (Fsp3) is 0.421. The number of aliphatic hydroxyl groups is 1. The summed E-state index contributed by atoms with van der Waals surface area (Å²) in [4.78, 5) is 4.12. The van der Waals surface area contributed by atoms with Crippen molar-refractivity contribution in [2.24, 2.45) is 5.41 Å². The number of aromatic nitrogens is 1. The quantitative estimate of drug-likeness (QED) is 0.819. The summed E-state index contributed by atoms with van der Waals surface area (Å²) in [6.45, 7) is 6.95. The summed E-state index contributed by atoms with van der Waals surface area (Å²) in [5, 5.41) is 13.2. The molecule has 0 saturated carbocycles. The lowest BCUT2D eigenvalue weighted by molar-refractivity contribution is 0.128. The van der Waals surface area contributed by atoms with Gasteiger partial charge in [0.15, 0.2) is 0 Å². The Hall–Kier alpha value is -1.78. The van der Waals surface area contributed by atoms with Crippen LogP contribution in [0.2, 0.25) is 0 Å². The molecular weight excluding hydrogens is 291 g/mol. The van der Waals surface area contributed by atoms with E-state index in [1.807, 2.05) is 25.1 Å². The molecule has 2 unspecified atom stereocenters. The van der Waals surface area contributed by atoms with Crippen LogP contribution in [-0.4, -0.2) is 23.2 Å². The number of rotatable bonds is 7. The molecule has 1 aromatic carbocycles. The normalized spacial score (nSPS) is 14.5. The number of benzene rings is 1. The maximum absolute atomic E-state index is 13.0. The van der Waals surface area contributed by atoms with Gasteiger partial charge in [0.2, 0.25) is 0 Å². The summed E-state index contributed by atoms with van der Waals surface area (Å²) in [6.07, 6.45) is 1.24. The van der Waals surface area contributed by atoms with Crippen LogP contribution in [0.3, 0.4) is 0 Å². The highest BCUT2D eigenvalue weighted by Crippen LogP contribution is 2.35. The van der Waals surface area contributed by atoms with E-state index in [0.29, 0.717) is 6.54 Å². The standard InChI is InChI=1S/C19H25FN2O/c1-14(18-10-9-16(20)11-22-18)21-12-17(19(2,3)13-23)15-7-5-4-6-8-15/h4-11,14,17,21,23H,12-13H2,1-3H3. The zero-order valence-corrected chi connectivity index (χ0v) is 14.0. The van der Waals surface area contributed by atoms with Crippen molar-refractivity contribution in [3.63, 3.8) is 0 Å². The molecule has 4 heteroatoms. The molecule has 1 aromatic heterocycles. The van der Waals surface area contributed by atoms with E-state index in [0.717, 1.165) is 5.69 Å². The van der Waals surface area contributed by atoms with Gasteiger partial charge in [-0.25, -0.2) is 4.39 Å². The van der Waals surface area contributed by atoms with Gasteiger partial charge in [-0.2, -0.15) is 0 Å². The van der Waals surface area contributed by atoms with Crippen LogP contribution < -0.4 is 5.32 Å². The van der Waals surface area contributed by atoms with Gasteiger partial charge in [0.05, 0.1) is 11.9 Å². The SMILES string of the molecule is CC(NCC(c1ccccc1)C(C)(C)CO)c1ccc(F)cn1. The molecule has 0 amide bonds. The van der Waals surface area contributed by atoms with Gasteiger partial charge in [-0.1, -0.05) is 44.2 Å². The summed E-state index contributed by atoms with van der Waals surface area (Å²) in [7, 11) is 0. The van der Waals surface area contributed by atoms with Crippen LogP contribution in [0, 0.1) is 11.2 Å². The van der Waals surface area contributed by atoms with Gasteiger partial charge in [-0.3, -0.25) is 4.98 Å². The third-order valence-corrected chi connectivity index (χ3v) is 4.37. The van der Waals surface area contributed by atoms with Gasteiger partial charge in [0.1, 0.15) is 5.82 Å².